The van der Waals surface area contributed by atoms with Crippen LogP contribution >= 0.6 is 0 Å². The van der Waals surface area contributed by atoms with Gasteiger partial charge in [0.25, 0.3) is 0 Å². The van der Waals surface area contributed by atoms with E-state index in [4.69, 9.17) is 4.74 Å². The van der Waals surface area contributed by atoms with Crippen LogP contribution in [-0.2, 0) is 13.6 Å². The van der Waals surface area contributed by atoms with Gasteiger partial charge in [-0.05, 0) is 31.8 Å². The molecule has 0 unspecified atom stereocenters. The van der Waals surface area contributed by atoms with Crippen molar-refractivity contribution in [3.05, 3.63) is 65.9 Å². The molecule has 4 rings (SSSR count). The van der Waals surface area contributed by atoms with Crippen molar-refractivity contribution in [2.75, 3.05) is 34.3 Å². The highest BCUT2D eigenvalue weighted by Crippen LogP contribution is 2.36. The van der Waals surface area contributed by atoms with Crippen LogP contribution in [0.15, 0.2) is 54.7 Å². The molecular formula is C23H29N3O. The van der Waals surface area contributed by atoms with Crippen molar-refractivity contribution in [1.82, 2.24) is 14.4 Å². The molecule has 4 nitrogen and oxygen atoms in total. The zero-order valence-corrected chi connectivity index (χ0v) is 16.7. The third-order valence-corrected chi connectivity index (χ3v) is 5.94. The maximum atomic E-state index is 5.56. The number of fused-ring (bicyclic) bond motifs is 1. The average molecular weight is 364 g/mol. The Kier molecular flexibility index (Phi) is 4.94. The molecule has 1 fully saturated rings. The summed E-state index contributed by atoms with van der Waals surface area (Å²) in [4.78, 5) is 4.95. The van der Waals surface area contributed by atoms with E-state index >= 15 is 0 Å². The number of aromatic nitrogens is 1. The molecule has 0 aliphatic carbocycles. The Morgan fingerprint density at radius 2 is 1.78 bits per heavy atom. The Balaban J connectivity index is 1.64. The SMILES string of the molecule is COc1ccccc1CN1C[C@@H](N(C)C)[C@H](c2cn(C)c3ccccc23)C1. The molecule has 2 aromatic carbocycles. The topological polar surface area (TPSA) is 20.6 Å². The van der Waals surface area contributed by atoms with E-state index in [9.17, 15) is 0 Å². The normalized spacial score (nSPS) is 20.6. The van der Waals surface area contributed by atoms with Gasteiger partial charge in [0.05, 0.1) is 7.11 Å². The number of likely N-dealkylation sites (N-methyl/N-ethyl adjacent to an activating group) is 1. The lowest BCUT2D eigenvalue weighted by Gasteiger charge is -2.25. The smallest absolute Gasteiger partial charge is 0.123 e. The summed E-state index contributed by atoms with van der Waals surface area (Å²) in [6.07, 6.45) is 2.33. The predicted molar refractivity (Wildman–Crippen MR) is 111 cm³/mol. The van der Waals surface area contributed by atoms with E-state index in [-0.39, 0.29) is 0 Å². The van der Waals surface area contributed by atoms with Gasteiger partial charge < -0.3 is 14.2 Å². The van der Waals surface area contributed by atoms with E-state index in [1.807, 2.05) is 6.07 Å². The minimum atomic E-state index is 0.501. The second-order valence-corrected chi connectivity index (χ2v) is 7.86. The van der Waals surface area contributed by atoms with Crippen LogP contribution in [0.1, 0.15) is 17.0 Å². The van der Waals surface area contributed by atoms with Crippen molar-refractivity contribution in [3.63, 3.8) is 0 Å². The molecule has 4 heteroatoms. The van der Waals surface area contributed by atoms with Gasteiger partial charge in [0.15, 0.2) is 0 Å². The first-order chi connectivity index (χ1) is 13.1. The fourth-order valence-electron chi connectivity index (χ4n) is 4.57. The number of ether oxygens (including phenoxy) is 1. The predicted octanol–water partition coefficient (Wildman–Crippen LogP) is 3.72. The van der Waals surface area contributed by atoms with Gasteiger partial charge in [0.1, 0.15) is 5.75 Å². The van der Waals surface area contributed by atoms with Crippen LogP contribution in [0.2, 0.25) is 0 Å². The minimum Gasteiger partial charge on any atom is -0.496 e. The lowest BCUT2D eigenvalue weighted by Crippen LogP contribution is -2.34. The lowest BCUT2D eigenvalue weighted by atomic mass is 9.93. The molecule has 142 valence electrons. The Bertz CT molecular complexity index is 930. The van der Waals surface area contributed by atoms with Gasteiger partial charge in [-0.1, -0.05) is 36.4 Å². The van der Waals surface area contributed by atoms with Gasteiger partial charge in [0, 0.05) is 61.3 Å². The number of rotatable bonds is 5. The first kappa shape index (κ1) is 18.1. The molecule has 2 heterocycles. The van der Waals surface area contributed by atoms with Crippen LogP contribution in [0.3, 0.4) is 0 Å². The number of hydrogen-bond donors (Lipinski definition) is 0. The number of para-hydroxylation sites is 2. The number of hydrogen-bond acceptors (Lipinski definition) is 3. The molecule has 0 spiro atoms. The highest BCUT2D eigenvalue weighted by atomic mass is 16.5. The molecule has 0 saturated carbocycles. The number of methoxy groups -OCH3 is 1. The van der Waals surface area contributed by atoms with Crippen LogP contribution in [0.25, 0.3) is 10.9 Å². The summed E-state index contributed by atoms with van der Waals surface area (Å²) in [7, 11) is 8.31. The molecule has 3 aromatic rings. The molecule has 0 bridgehead atoms. The third-order valence-electron chi connectivity index (χ3n) is 5.94. The van der Waals surface area contributed by atoms with Crippen LogP contribution in [0.4, 0.5) is 0 Å². The molecule has 2 atom stereocenters. The zero-order valence-electron chi connectivity index (χ0n) is 16.7. The second-order valence-electron chi connectivity index (χ2n) is 7.86. The molecule has 0 radical (unpaired) electrons. The van der Waals surface area contributed by atoms with Gasteiger partial charge in [-0.3, -0.25) is 4.90 Å². The molecule has 1 aromatic heterocycles. The minimum absolute atomic E-state index is 0.501. The standard InChI is InChI=1S/C23H29N3O/c1-24(2)22-16-26(13-17-9-5-8-12-23(17)27-4)15-20(22)19-14-25(3)21-11-7-6-10-18(19)21/h5-12,14,20,22H,13,15-16H2,1-4H3/t20-,22+/m0/s1. The van der Waals surface area contributed by atoms with Crippen LogP contribution in [0, 0.1) is 0 Å². The quantitative estimate of drug-likeness (QED) is 0.689. The van der Waals surface area contributed by atoms with Crippen LogP contribution < -0.4 is 4.74 Å². The Morgan fingerprint density at radius 1 is 1.04 bits per heavy atom. The van der Waals surface area contributed by atoms with Crippen molar-refractivity contribution in [3.8, 4) is 5.75 Å². The first-order valence-corrected chi connectivity index (χ1v) is 9.63. The fraction of sp³-hybridized carbons (Fsp3) is 0.391. The van der Waals surface area contributed by atoms with E-state index in [2.05, 4.69) is 84.2 Å². The molecule has 1 saturated heterocycles. The molecule has 27 heavy (non-hydrogen) atoms. The van der Waals surface area contributed by atoms with Crippen molar-refractivity contribution in [1.29, 1.82) is 0 Å². The van der Waals surface area contributed by atoms with Crippen molar-refractivity contribution in [2.24, 2.45) is 7.05 Å². The summed E-state index contributed by atoms with van der Waals surface area (Å²) in [5.41, 5.74) is 4.04. The highest BCUT2D eigenvalue weighted by molar-refractivity contribution is 5.84. The van der Waals surface area contributed by atoms with Gasteiger partial charge >= 0.3 is 0 Å². The summed E-state index contributed by atoms with van der Waals surface area (Å²) in [5.74, 6) is 1.48. The fourth-order valence-corrected chi connectivity index (χ4v) is 4.57. The van der Waals surface area contributed by atoms with Crippen molar-refractivity contribution >= 4 is 10.9 Å². The Hall–Kier alpha value is -2.30. The van der Waals surface area contributed by atoms with Crippen molar-refractivity contribution < 1.29 is 4.74 Å². The molecule has 0 N–H and O–H groups in total. The van der Waals surface area contributed by atoms with Crippen molar-refractivity contribution in [2.45, 2.75) is 18.5 Å². The van der Waals surface area contributed by atoms with Gasteiger partial charge in [-0.2, -0.15) is 0 Å². The molecular weight excluding hydrogens is 334 g/mol. The number of aryl methyl sites for hydroxylation is 1. The second kappa shape index (κ2) is 7.37. The molecule has 1 aliphatic rings. The summed E-state index contributed by atoms with van der Waals surface area (Å²) in [6.45, 7) is 3.06. The van der Waals surface area contributed by atoms with Gasteiger partial charge in [-0.25, -0.2) is 0 Å². The Morgan fingerprint density at radius 3 is 2.56 bits per heavy atom. The third kappa shape index (κ3) is 3.35. The number of benzene rings is 2. The van der Waals surface area contributed by atoms with Gasteiger partial charge in [-0.15, -0.1) is 0 Å². The largest absolute Gasteiger partial charge is 0.496 e. The number of nitrogens with zero attached hydrogens (tertiary/aromatic N) is 3. The monoisotopic (exact) mass is 363 g/mol. The van der Waals surface area contributed by atoms with Gasteiger partial charge in [0.2, 0.25) is 0 Å². The summed E-state index contributed by atoms with van der Waals surface area (Å²) in [5, 5.41) is 1.39. The molecule has 1 aliphatic heterocycles. The summed E-state index contributed by atoms with van der Waals surface area (Å²) in [6, 6.07) is 17.6. The molecule has 0 amide bonds. The lowest BCUT2D eigenvalue weighted by molar-refractivity contribution is 0.258. The summed E-state index contributed by atoms with van der Waals surface area (Å²) < 4.78 is 7.83. The summed E-state index contributed by atoms with van der Waals surface area (Å²) >= 11 is 0. The van der Waals surface area contributed by atoms with Crippen LogP contribution in [-0.4, -0.2) is 54.7 Å². The van der Waals surface area contributed by atoms with E-state index < -0.39 is 0 Å². The van der Waals surface area contributed by atoms with Crippen LogP contribution in [0.5, 0.6) is 5.75 Å². The first-order valence-electron chi connectivity index (χ1n) is 9.63. The van der Waals surface area contributed by atoms with E-state index in [1.54, 1.807) is 7.11 Å². The number of likely N-dealkylation sites (tertiary alicyclic amines) is 1. The zero-order chi connectivity index (χ0) is 19.0. The maximum Gasteiger partial charge on any atom is 0.123 e. The van der Waals surface area contributed by atoms with E-state index in [0.717, 1.165) is 25.4 Å². The van der Waals surface area contributed by atoms with E-state index in [1.165, 1.54) is 22.0 Å². The maximum absolute atomic E-state index is 5.56. The average Bonchev–Trinajstić information content (AvgIpc) is 3.24. The van der Waals surface area contributed by atoms with E-state index in [0.29, 0.717) is 12.0 Å². The highest BCUT2D eigenvalue weighted by Gasteiger charge is 2.36. The Labute approximate surface area is 162 Å².